The van der Waals surface area contributed by atoms with E-state index in [0.29, 0.717) is 54.4 Å². The summed E-state index contributed by atoms with van der Waals surface area (Å²) in [5, 5.41) is 13.4. The van der Waals surface area contributed by atoms with Gasteiger partial charge in [-0.2, -0.15) is 9.97 Å². The minimum absolute atomic E-state index is 0.308. The van der Waals surface area contributed by atoms with E-state index in [1.165, 1.54) is 0 Å². The maximum atomic E-state index is 12.1. The molecule has 9 heteroatoms. The van der Waals surface area contributed by atoms with Gasteiger partial charge in [0.1, 0.15) is 0 Å². The summed E-state index contributed by atoms with van der Waals surface area (Å²) in [5.74, 6) is 2.83. The summed E-state index contributed by atoms with van der Waals surface area (Å²) in [4.78, 5) is 20.7. The fraction of sp³-hybridized carbons (Fsp3) is 0.389. The Morgan fingerprint density at radius 3 is 2.81 bits per heavy atom. The molecule has 2 heterocycles. The fourth-order valence-electron chi connectivity index (χ4n) is 2.57. The molecule has 2 amide bonds. The first-order valence-corrected chi connectivity index (χ1v) is 9.01. The largest absolute Gasteiger partial charge is 0.339 e. The Morgan fingerprint density at radius 2 is 2.04 bits per heavy atom. The number of carbonyl (C=O) groups is 1. The Morgan fingerprint density at radius 1 is 1.19 bits per heavy atom. The van der Waals surface area contributed by atoms with Crippen LogP contribution < -0.4 is 10.6 Å². The van der Waals surface area contributed by atoms with Gasteiger partial charge in [0.15, 0.2) is 11.6 Å². The molecule has 0 spiro atoms. The fourth-order valence-corrected chi connectivity index (χ4v) is 2.57. The summed E-state index contributed by atoms with van der Waals surface area (Å²) in [6.45, 7) is 2.37. The van der Waals surface area contributed by atoms with Crippen LogP contribution in [0, 0.1) is 0 Å². The molecule has 0 radical (unpaired) electrons. The molecule has 0 saturated heterocycles. The van der Waals surface area contributed by atoms with Crippen LogP contribution in [0.4, 0.5) is 10.5 Å². The highest BCUT2D eigenvalue weighted by atomic mass is 16.5. The van der Waals surface area contributed by atoms with Crippen molar-refractivity contribution in [2.45, 2.75) is 38.5 Å². The van der Waals surface area contributed by atoms with E-state index in [-0.39, 0.29) is 6.03 Å². The predicted molar refractivity (Wildman–Crippen MR) is 96.1 cm³/mol. The summed E-state index contributed by atoms with van der Waals surface area (Å²) in [6.07, 6.45) is 3.45. The first-order valence-electron chi connectivity index (χ1n) is 9.01. The summed E-state index contributed by atoms with van der Waals surface area (Å²) in [7, 11) is 0. The average molecular weight is 368 g/mol. The maximum absolute atomic E-state index is 12.1. The number of rotatable bonds is 7. The molecule has 0 bridgehead atoms. The lowest BCUT2D eigenvalue weighted by atomic mass is 10.2. The molecule has 1 aromatic carbocycles. The first-order chi connectivity index (χ1) is 13.2. The Hall–Kier alpha value is -3.23. The van der Waals surface area contributed by atoms with Gasteiger partial charge in [0.05, 0.1) is 0 Å². The number of benzene rings is 1. The molecule has 0 unspecified atom stereocenters. The van der Waals surface area contributed by atoms with Crippen LogP contribution in [0.2, 0.25) is 0 Å². The lowest BCUT2D eigenvalue weighted by molar-refractivity contribution is 0.252. The third-order valence-corrected chi connectivity index (χ3v) is 4.20. The summed E-state index contributed by atoms with van der Waals surface area (Å²) in [6, 6.07) is 6.94. The number of nitrogens with zero attached hydrogens (tertiary/aromatic N) is 4. The zero-order valence-electron chi connectivity index (χ0n) is 14.9. The minimum atomic E-state index is -0.308. The van der Waals surface area contributed by atoms with Crippen LogP contribution in [-0.4, -0.2) is 32.9 Å². The van der Waals surface area contributed by atoms with Crippen LogP contribution in [-0.2, 0) is 12.8 Å². The van der Waals surface area contributed by atoms with Gasteiger partial charge in [-0.05, 0) is 31.0 Å². The Bertz CT molecular complexity index is 931. The van der Waals surface area contributed by atoms with Crippen molar-refractivity contribution in [3.8, 4) is 11.5 Å². The van der Waals surface area contributed by atoms with Crippen molar-refractivity contribution in [2.75, 3.05) is 11.9 Å². The van der Waals surface area contributed by atoms with Gasteiger partial charge in [-0.3, -0.25) is 0 Å². The molecular weight excluding hydrogens is 348 g/mol. The molecule has 3 aromatic rings. The van der Waals surface area contributed by atoms with E-state index in [1.54, 1.807) is 12.1 Å². The standard InChI is InChI=1S/C18H20N6O3/c1-2-14-21-17(27-23-14)12-4-3-5-13(10-12)20-18(25)19-9-8-15-22-16(26-24-15)11-6-7-11/h3-5,10-11H,2,6-9H2,1H3,(H2,19,20,25). The normalized spacial score (nSPS) is 13.5. The summed E-state index contributed by atoms with van der Waals surface area (Å²) >= 11 is 0. The van der Waals surface area contributed by atoms with Crippen LogP contribution in [0.5, 0.6) is 0 Å². The third kappa shape index (κ3) is 4.30. The van der Waals surface area contributed by atoms with Crippen molar-refractivity contribution >= 4 is 11.7 Å². The van der Waals surface area contributed by atoms with E-state index in [1.807, 2.05) is 19.1 Å². The monoisotopic (exact) mass is 368 g/mol. The van der Waals surface area contributed by atoms with E-state index in [2.05, 4.69) is 30.9 Å². The molecule has 4 rings (SSSR count). The van der Waals surface area contributed by atoms with Gasteiger partial charge in [-0.15, -0.1) is 0 Å². The number of amides is 2. The number of aryl methyl sites for hydroxylation is 1. The number of nitrogens with one attached hydrogen (secondary N) is 2. The van der Waals surface area contributed by atoms with Crippen LogP contribution in [0.1, 0.15) is 43.2 Å². The zero-order chi connectivity index (χ0) is 18.6. The number of urea groups is 1. The molecule has 2 N–H and O–H groups in total. The number of hydrogen-bond acceptors (Lipinski definition) is 7. The molecule has 1 fully saturated rings. The SMILES string of the molecule is CCc1noc(-c2cccc(NC(=O)NCCc3noc(C4CC4)n3)c2)n1. The third-order valence-electron chi connectivity index (χ3n) is 4.20. The Labute approximate surface area is 155 Å². The van der Waals surface area contributed by atoms with Crippen LogP contribution in [0.25, 0.3) is 11.5 Å². The van der Waals surface area contributed by atoms with Crippen molar-refractivity contribution in [3.63, 3.8) is 0 Å². The second-order valence-corrected chi connectivity index (χ2v) is 6.40. The van der Waals surface area contributed by atoms with Crippen molar-refractivity contribution < 1.29 is 13.8 Å². The maximum Gasteiger partial charge on any atom is 0.319 e. The van der Waals surface area contributed by atoms with Gasteiger partial charge in [0.2, 0.25) is 5.89 Å². The highest BCUT2D eigenvalue weighted by Gasteiger charge is 2.29. The van der Waals surface area contributed by atoms with E-state index < -0.39 is 0 Å². The number of carbonyl (C=O) groups excluding carboxylic acids is 1. The summed E-state index contributed by atoms with van der Waals surface area (Å²) < 4.78 is 10.4. The van der Waals surface area contributed by atoms with Gasteiger partial charge in [-0.1, -0.05) is 23.3 Å². The average Bonchev–Trinajstić information content (AvgIpc) is 3.22. The molecule has 1 saturated carbocycles. The van der Waals surface area contributed by atoms with Crippen LogP contribution in [0.15, 0.2) is 33.3 Å². The molecule has 9 nitrogen and oxygen atoms in total. The molecule has 0 atom stereocenters. The van der Waals surface area contributed by atoms with Crippen molar-refractivity contribution in [1.29, 1.82) is 0 Å². The van der Waals surface area contributed by atoms with E-state index in [0.717, 1.165) is 18.4 Å². The molecule has 1 aliphatic carbocycles. The highest BCUT2D eigenvalue weighted by molar-refractivity contribution is 5.89. The molecular formula is C18H20N6O3. The van der Waals surface area contributed by atoms with Crippen LogP contribution >= 0.6 is 0 Å². The Balaban J connectivity index is 1.29. The number of anilines is 1. The highest BCUT2D eigenvalue weighted by Crippen LogP contribution is 2.38. The quantitative estimate of drug-likeness (QED) is 0.658. The van der Waals surface area contributed by atoms with Gasteiger partial charge in [0.25, 0.3) is 5.89 Å². The number of hydrogen-bond donors (Lipinski definition) is 2. The van der Waals surface area contributed by atoms with Crippen LogP contribution in [0.3, 0.4) is 0 Å². The zero-order valence-corrected chi connectivity index (χ0v) is 14.9. The predicted octanol–water partition coefficient (Wildman–Crippen LogP) is 2.92. The van der Waals surface area contributed by atoms with E-state index in [4.69, 9.17) is 9.05 Å². The van der Waals surface area contributed by atoms with E-state index >= 15 is 0 Å². The second kappa shape index (κ2) is 7.56. The van der Waals surface area contributed by atoms with Gasteiger partial charge >= 0.3 is 6.03 Å². The lowest BCUT2D eigenvalue weighted by Crippen LogP contribution is -2.30. The second-order valence-electron chi connectivity index (χ2n) is 6.40. The van der Waals surface area contributed by atoms with Gasteiger partial charge < -0.3 is 19.7 Å². The Kier molecular flexibility index (Phi) is 4.82. The van der Waals surface area contributed by atoms with Crippen molar-refractivity contribution in [2.24, 2.45) is 0 Å². The van der Waals surface area contributed by atoms with Gasteiger partial charge in [0, 0.05) is 36.6 Å². The van der Waals surface area contributed by atoms with E-state index in [9.17, 15) is 4.79 Å². The smallest absolute Gasteiger partial charge is 0.319 e. The molecule has 140 valence electrons. The molecule has 27 heavy (non-hydrogen) atoms. The first kappa shape index (κ1) is 17.2. The summed E-state index contributed by atoms with van der Waals surface area (Å²) in [5.41, 5.74) is 1.39. The molecule has 0 aliphatic heterocycles. The molecule has 2 aromatic heterocycles. The topological polar surface area (TPSA) is 119 Å². The van der Waals surface area contributed by atoms with Crippen molar-refractivity contribution in [3.05, 3.63) is 41.8 Å². The molecule has 1 aliphatic rings. The lowest BCUT2D eigenvalue weighted by Gasteiger charge is -2.07. The van der Waals surface area contributed by atoms with Crippen molar-refractivity contribution in [1.82, 2.24) is 25.6 Å². The minimum Gasteiger partial charge on any atom is -0.339 e. The number of aromatic nitrogens is 4. The van der Waals surface area contributed by atoms with Gasteiger partial charge in [-0.25, -0.2) is 4.79 Å².